The third kappa shape index (κ3) is 4.03. The number of likely N-dealkylation sites (tertiary alicyclic amines) is 1. The first-order valence-corrected chi connectivity index (χ1v) is 10.1. The Morgan fingerprint density at radius 1 is 1.22 bits per heavy atom. The number of fused-ring (bicyclic) bond motifs is 1. The predicted molar refractivity (Wildman–Crippen MR) is 106 cm³/mol. The van der Waals surface area contributed by atoms with Crippen molar-refractivity contribution in [3.05, 3.63) is 63.6 Å². The highest BCUT2D eigenvalue weighted by atomic mass is 79.9. The summed E-state index contributed by atoms with van der Waals surface area (Å²) < 4.78 is 13.2. The minimum Gasteiger partial charge on any atom is -0.460 e. The Kier molecular flexibility index (Phi) is 5.48. The molecule has 2 aliphatic rings. The van der Waals surface area contributed by atoms with Crippen LogP contribution in [-0.4, -0.2) is 23.4 Å². The van der Waals surface area contributed by atoms with Crippen LogP contribution in [0.15, 0.2) is 46.9 Å². The lowest BCUT2D eigenvalue weighted by Gasteiger charge is -2.35. The number of nitrogens with zero attached hydrogens (tertiary/aromatic N) is 1. The molecule has 4 rings (SSSR count). The number of halogens is 1. The first-order valence-electron chi connectivity index (χ1n) is 9.29. The molecule has 0 aromatic heterocycles. The summed E-state index contributed by atoms with van der Waals surface area (Å²) in [4.78, 5) is 14.0. The van der Waals surface area contributed by atoms with E-state index in [4.69, 9.17) is 15.2 Å². The van der Waals surface area contributed by atoms with E-state index in [1.165, 1.54) is 0 Å². The molecule has 0 aliphatic carbocycles. The quantitative estimate of drug-likeness (QED) is 0.798. The average Bonchev–Trinajstić information content (AvgIpc) is 2.68. The molecule has 0 bridgehead atoms. The van der Waals surface area contributed by atoms with E-state index in [-0.39, 0.29) is 11.9 Å². The number of hydrogen-bond donors (Lipinski definition) is 1. The van der Waals surface area contributed by atoms with E-state index in [1.54, 1.807) is 0 Å². The Bertz CT molecular complexity index is 828. The molecule has 2 unspecified atom stereocenters. The second kappa shape index (κ2) is 8.00. The van der Waals surface area contributed by atoms with E-state index in [9.17, 15) is 4.79 Å². The molecule has 2 N–H and O–H groups in total. The summed E-state index contributed by atoms with van der Waals surface area (Å²) in [5, 5.41) is 0. The SMILES string of the molecule is NC(=O)C1CCCCN1Cc1cc(Br)cc2c1OC(c1ccccc1)OC2. The van der Waals surface area contributed by atoms with E-state index in [0.717, 1.165) is 52.7 Å². The lowest BCUT2D eigenvalue weighted by molar-refractivity contribution is -0.125. The molecule has 142 valence electrons. The normalized spacial score (nSPS) is 22.7. The van der Waals surface area contributed by atoms with Gasteiger partial charge in [-0.25, -0.2) is 0 Å². The van der Waals surface area contributed by atoms with Gasteiger partial charge in [0.05, 0.1) is 12.6 Å². The van der Waals surface area contributed by atoms with Crippen LogP contribution >= 0.6 is 15.9 Å². The Hall–Kier alpha value is -1.89. The third-order valence-corrected chi connectivity index (χ3v) is 5.67. The fraction of sp³-hybridized carbons (Fsp3) is 0.381. The average molecular weight is 431 g/mol. The molecule has 0 spiro atoms. The molecular formula is C21H23BrN2O3. The van der Waals surface area contributed by atoms with Crippen molar-refractivity contribution in [2.75, 3.05) is 6.54 Å². The van der Waals surface area contributed by atoms with Gasteiger partial charge in [0.15, 0.2) is 0 Å². The van der Waals surface area contributed by atoms with E-state index in [0.29, 0.717) is 13.2 Å². The van der Waals surface area contributed by atoms with E-state index >= 15 is 0 Å². The van der Waals surface area contributed by atoms with Crippen molar-refractivity contribution >= 4 is 21.8 Å². The number of carbonyl (C=O) groups is 1. The first-order chi connectivity index (χ1) is 13.1. The zero-order chi connectivity index (χ0) is 18.8. The third-order valence-electron chi connectivity index (χ3n) is 5.21. The predicted octanol–water partition coefficient (Wildman–Crippen LogP) is 3.90. The number of hydrogen-bond acceptors (Lipinski definition) is 4. The first kappa shape index (κ1) is 18.5. The fourth-order valence-corrected chi connectivity index (χ4v) is 4.44. The fourth-order valence-electron chi connectivity index (χ4n) is 3.89. The van der Waals surface area contributed by atoms with Crippen molar-refractivity contribution in [3.8, 4) is 5.75 Å². The molecule has 0 radical (unpaired) electrons. The van der Waals surface area contributed by atoms with Crippen molar-refractivity contribution < 1.29 is 14.3 Å². The highest BCUT2D eigenvalue weighted by Gasteiger charge is 2.30. The van der Waals surface area contributed by atoms with Gasteiger partial charge in [-0.15, -0.1) is 0 Å². The van der Waals surface area contributed by atoms with Crippen LogP contribution in [0.25, 0.3) is 0 Å². The number of piperidine rings is 1. The zero-order valence-electron chi connectivity index (χ0n) is 15.1. The molecule has 2 heterocycles. The van der Waals surface area contributed by atoms with Crippen molar-refractivity contribution in [2.45, 2.75) is 44.7 Å². The monoisotopic (exact) mass is 430 g/mol. The van der Waals surface area contributed by atoms with Crippen molar-refractivity contribution in [1.29, 1.82) is 0 Å². The van der Waals surface area contributed by atoms with Gasteiger partial charge in [0.25, 0.3) is 0 Å². The topological polar surface area (TPSA) is 64.8 Å². The van der Waals surface area contributed by atoms with Crippen LogP contribution in [0.1, 0.15) is 42.2 Å². The maximum Gasteiger partial charge on any atom is 0.234 e. The van der Waals surface area contributed by atoms with Crippen LogP contribution in [0.2, 0.25) is 0 Å². The minimum atomic E-state index is -0.424. The molecular weight excluding hydrogens is 408 g/mol. The van der Waals surface area contributed by atoms with Crippen molar-refractivity contribution in [1.82, 2.24) is 4.90 Å². The minimum absolute atomic E-state index is 0.210. The molecule has 1 amide bonds. The Morgan fingerprint density at radius 3 is 2.81 bits per heavy atom. The number of rotatable bonds is 4. The summed E-state index contributed by atoms with van der Waals surface area (Å²) >= 11 is 3.59. The number of carbonyl (C=O) groups excluding carboxylic acids is 1. The second-order valence-electron chi connectivity index (χ2n) is 7.11. The van der Waals surface area contributed by atoms with Crippen LogP contribution in [-0.2, 0) is 22.7 Å². The number of nitrogens with two attached hydrogens (primary N) is 1. The van der Waals surface area contributed by atoms with Crippen LogP contribution in [0, 0.1) is 0 Å². The number of benzene rings is 2. The van der Waals surface area contributed by atoms with Gasteiger partial charge in [0.1, 0.15) is 5.75 Å². The Morgan fingerprint density at radius 2 is 2.04 bits per heavy atom. The highest BCUT2D eigenvalue weighted by Crippen LogP contribution is 2.38. The van der Waals surface area contributed by atoms with E-state index < -0.39 is 6.29 Å². The maximum absolute atomic E-state index is 11.9. The lowest BCUT2D eigenvalue weighted by Crippen LogP contribution is -2.47. The Labute approximate surface area is 167 Å². The van der Waals surface area contributed by atoms with Gasteiger partial charge in [-0.3, -0.25) is 9.69 Å². The van der Waals surface area contributed by atoms with Crippen molar-refractivity contribution in [3.63, 3.8) is 0 Å². The van der Waals surface area contributed by atoms with Crippen LogP contribution < -0.4 is 10.5 Å². The zero-order valence-corrected chi connectivity index (χ0v) is 16.7. The van der Waals surface area contributed by atoms with Gasteiger partial charge >= 0.3 is 0 Å². The molecule has 1 saturated heterocycles. The Balaban J connectivity index is 1.62. The highest BCUT2D eigenvalue weighted by molar-refractivity contribution is 9.10. The number of ether oxygens (including phenoxy) is 2. The summed E-state index contributed by atoms with van der Waals surface area (Å²) in [7, 11) is 0. The summed E-state index contributed by atoms with van der Waals surface area (Å²) in [6, 6.07) is 13.8. The van der Waals surface area contributed by atoms with Crippen LogP contribution in [0.3, 0.4) is 0 Å². The molecule has 0 saturated carbocycles. The summed E-state index contributed by atoms with van der Waals surface area (Å²) in [5.41, 5.74) is 8.69. The van der Waals surface area contributed by atoms with Gasteiger partial charge < -0.3 is 15.2 Å². The molecule has 2 aromatic carbocycles. The molecule has 2 aliphatic heterocycles. The summed E-state index contributed by atoms with van der Waals surface area (Å²) in [6.45, 7) is 1.99. The van der Waals surface area contributed by atoms with Gasteiger partial charge in [0.2, 0.25) is 12.2 Å². The van der Waals surface area contributed by atoms with Crippen LogP contribution in [0.5, 0.6) is 5.75 Å². The number of amides is 1. The van der Waals surface area contributed by atoms with Gasteiger partial charge in [-0.2, -0.15) is 0 Å². The summed E-state index contributed by atoms with van der Waals surface area (Å²) in [5.74, 6) is 0.608. The van der Waals surface area contributed by atoms with Gasteiger partial charge in [0, 0.05) is 27.7 Å². The molecule has 5 nitrogen and oxygen atoms in total. The second-order valence-corrected chi connectivity index (χ2v) is 8.02. The summed E-state index contributed by atoms with van der Waals surface area (Å²) in [6.07, 6.45) is 2.52. The lowest BCUT2D eigenvalue weighted by atomic mass is 9.99. The van der Waals surface area contributed by atoms with Gasteiger partial charge in [-0.05, 0) is 31.5 Å². The van der Waals surface area contributed by atoms with Crippen LogP contribution in [0.4, 0.5) is 0 Å². The molecule has 1 fully saturated rings. The molecule has 27 heavy (non-hydrogen) atoms. The molecule has 6 heteroatoms. The molecule has 2 aromatic rings. The number of primary amides is 1. The van der Waals surface area contributed by atoms with Crippen molar-refractivity contribution in [2.24, 2.45) is 5.73 Å². The standard InChI is InChI=1S/C21H23BrN2O3/c22-17-10-15(12-24-9-5-4-8-18(24)20(23)25)19-16(11-17)13-26-21(27-19)14-6-2-1-3-7-14/h1-3,6-7,10-11,18,21H,4-5,8-9,12-13H2,(H2,23,25). The van der Waals surface area contributed by atoms with E-state index in [2.05, 4.69) is 26.9 Å². The van der Waals surface area contributed by atoms with Gasteiger partial charge in [-0.1, -0.05) is 52.7 Å². The largest absolute Gasteiger partial charge is 0.460 e. The molecule has 2 atom stereocenters. The van der Waals surface area contributed by atoms with E-state index in [1.807, 2.05) is 36.4 Å². The maximum atomic E-state index is 11.9. The smallest absolute Gasteiger partial charge is 0.234 e.